The van der Waals surface area contributed by atoms with E-state index in [1.165, 1.54) is 0 Å². The summed E-state index contributed by atoms with van der Waals surface area (Å²) in [6.07, 6.45) is 0.898. The molecule has 0 radical (unpaired) electrons. The van der Waals surface area contributed by atoms with Crippen molar-refractivity contribution in [3.8, 4) is 0 Å². The molecule has 0 aliphatic carbocycles. The van der Waals surface area contributed by atoms with Crippen molar-refractivity contribution in [1.82, 2.24) is 10.6 Å². The average Bonchev–Trinajstić information content (AvgIpc) is 2.77. The Morgan fingerprint density at radius 2 is 2.00 bits per heavy atom. The van der Waals surface area contributed by atoms with E-state index < -0.39 is 0 Å². The summed E-state index contributed by atoms with van der Waals surface area (Å²) in [6, 6.07) is 8.09. The van der Waals surface area contributed by atoms with E-state index in [1.54, 1.807) is 0 Å². The molecule has 3 nitrogen and oxygen atoms in total. The molecule has 1 heterocycles. The van der Waals surface area contributed by atoms with E-state index in [1.807, 2.05) is 45.0 Å². The first-order valence-electron chi connectivity index (χ1n) is 6.63. The maximum absolute atomic E-state index is 12.5. The van der Waals surface area contributed by atoms with Crippen LogP contribution in [-0.4, -0.2) is 19.0 Å². The van der Waals surface area contributed by atoms with E-state index in [0.29, 0.717) is 0 Å². The van der Waals surface area contributed by atoms with Crippen molar-refractivity contribution in [2.75, 3.05) is 13.1 Å². The molecule has 2 rings (SSSR count). The standard InChI is InChI=1S/C15H21BrN2O/c1-14(2,11-4-6-12(16)7-5-11)18-13(19)15(3)8-9-17-10-15/h4-7,17H,8-10H2,1-3H3,(H,18,19). The molecule has 19 heavy (non-hydrogen) atoms. The fourth-order valence-corrected chi connectivity index (χ4v) is 2.65. The first-order chi connectivity index (χ1) is 8.83. The van der Waals surface area contributed by atoms with E-state index in [4.69, 9.17) is 0 Å². The summed E-state index contributed by atoms with van der Waals surface area (Å²) in [5.41, 5.74) is 0.467. The number of carbonyl (C=O) groups excluding carboxylic acids is 1. The number of nitrogens with one attached hydrogen (secondary N) is 2. The zero-order valence-corrected chi connectivity index (χ0v) is 13.3. The molecule has 1 saturated heterocycles. The lowest BCUT2D eigenvalue weighted by atomic mass is 9.86. The molecule has 1 aliphatic rings. The third-order valence-corrected chi connectivity index (χ3v) is 4.44. The molecule has 1 atom stereocenters. The summed E-state index contributed by atoms with van der Waals surface area (Å²) < 4.78 is 1.05. The molecule has 4 heteroatoms. The molecule has 2 N–H and O–H groups in total. The van der Waals surface area contributed by atoms with Gasteiger partial charge >= 0.3 is 0 Å². The van der Waals surface area contributed by atoms with Crippen molar-refractivity contribution in [3.05, 3.63) is 34.3 Å². The predicted octanol–water partition coefficient (Wildman–Crippen LogP) is 2.80. The Hall–Kier alpha value is -0.870. The number of rotatable bonds is 3. The monoisotopic (exact) mass is 324 g/mol. The minimum absolute atomic E-state index is 0.130. The molecular formula is C15H21BrN2O. The summed E-state index contributed by atoms with van der Waals surface area (Å²) in [5, 5.41) is 6.44. The van der Waals surface area contributed by atoms with Crippen molar-refractivity contribution in [3.63, 3.8) is 0 Å². The van der Waals surface area contributed by atoms with Crippen LogP contribution < -0.4 is 10.6 Å². The van der Waals surface area contributed by atoms with Gasteiger partial charge in [0.1, 0.15) is 0 Å². The zero-order chi connectivity index (χ0) is 14.1. The van der Waals surface area contributed by atoms with E-state index in [2.05, 4.69) is 26.6 Å². The number of hydrogen-bond acceptors (Lipinski definition) is 2. The van der Waals surface area contributed by atoms with Crippen LogP contribution in [0.2, 0.25) is 0 Å². The Bertz CT molecular complexity index is 462. The molecule has 1 aromatic rings. The minimum atomic E-state index is -0.358. The van der Waals surface area contributed by atoms with Gasteiger partial charge in [0.2, 0.25) is 5.91 Å². The molecule has 1 amide bonds. The van der Waals surface area contributed by atoms with Gasteiger partial charge in [0.05, 0.1) is 11.0 Å². The van der Waals surface area contributed by atoms with Gasteiger partial charge in [-0.25, -0.2) is 0 Å². The van der Waals surface area contributed by atoms with Crippen LogP contribution >= 0.6 is 15.9 Å². The molecule has 104 valence electrons. The first kappa shape index (κ1) is 14.5. The largest absolute Gasteiger partial charge is 0.347 e. The van der Waals surface area contributed by atoms with Gasteiger partial charge in [0.25, 0.3) is 0 Å². The Morgan fingerprint density at radius 3 is 2.53 bits per heavy atom. The highest BCUT2D eigenvalue weighted by atomic mass is 79.9. The maximum Gasteiger partial charge on any atom is 0.227 e. The van der Waals surface area contributed by atoms with Crippen molar-refractivity contribution in [1.29, 1.82) is 0 Å². The Labute approximate surface area is 123 Å². The highest BCUT2D eigenvalue weighted by molar-refractivity contribution is 9.10. The smallest absolute Gasteiger partial charge is 0.227 e. The average molecular weight is 325 g/mol. The molecular weight excluding hydrogens is 304 g/mol. The zero-order valence-electron chi connectivity index (χ0n) is 11.7. The molecule has 0 aromatic heterocycles. The molecule has 1 unspecified atom stereocenters. The summed E-state index contributed by atoms with van der Waals surface area (Å²) in [4.78, 5) is 12.5. The second-order valence-corrected chi connectivity index (χ2v) is 6.99. The van der Waals surface area contributed by atoms with Crippen molar-refractivity contribution in [2.45, 2.75) is 32.7 Å². The van der Waals surface area contributed by atoms with Gasteiger partial charge in [-0.15, -0.1) is 0 Å². The van der Waals surface area contributed by atoms with E-state index >= 15 is 0 Å². The summed E-state index contributed by atoms with van der Waals surface area (Å²) >= 11 is 3.43. The van der Waals surface area contributed by atoms with Gasteiger partial charge in [0, 0.05) is 11.0 Å². The Kier molecular flexibility index (Phi) is 4.02. The normalized spacial score (nSPS) is 23.4. The van der Waals surface area contributed by atoms with E-state index in [0.717, 1.165) is 29.5 Å². The number of carbonyl (C=O) groups is 1. The van der Waals surface area contributed by atoms with E-state index in [9.17, 15) is 4.79 Å². The van der Waals surface area contributed by atoms with Gasteiger partial charge < -0.3 is 10.6 Å². The van der Waals surface area contributed by atoms with Gasteiger partial charge in [0.15, 0.2) is 0 Å². The molecule has 0 spiro atoms. The van der Waals surface area contributed by atoms with Crippen molar-refractivity contribution in [2.24, 2.45) is 5.41 Å². The van der Waals surface area contributed by atoms with Crippen LogP contribution in [0.3, 0.4) is 0 Å². The number of halogens is 1. The number of amides is 1. The summed E-state index contributed by atoms with van der Waals surface area (Å²) in [7, 11) is 0. The predicted molar refractivity (Wildman–Crippen MR) is 80.9 cm³/mol. The maximum atomic E-state index is 12.5. The van der Waals surface area contributed by atoms with Crippen LogP contribution in [0.4, 0.5) is 0 Å². The van der Waals surface area contributed by atoms with Gasteiger partial charge in [-0.05, 0) is 51.4 Å². The lowest BCUT2D eigenvalue weighted by Gasteiger charge is -2.32. The van der Waals surface area contributed by atoms with Gasteiger partial charge in [-0.1, -0.05) is 28.1 Å². The Morgan fingerprint density at radius 1 is 1.37 bits per heavy atom. The molecule has 1 aromatic carbocycles. The van der Waals surface area contributed by atoms with Crippen molar-refractivity contribution < 1.29 is 4.79 Å². The van der Waals surface area contributed by atoms with Crippen LogP contribution in [0.15, 0.2) is 28.7 Å². The Balaban J connectivity index is 2.12. The van der Waals surface area contributed by atoms with Gasteiger partial charge in [-0.2, -0.15) is 0 Å². The summed E-state index contributed by atoms with van der Waals surface area (Å²) in [5.74, 6) is 0.130. The van der Waals surface area contributed by atoms with Gasteiger partial charge in [-0.3, -0.25) is 4.79 Å². The molecule has 0 bridgehead atoms. The van der Waals surface area contributed by atoms with E-state index in [-0.39, 0.29) is 16.9 Å². The van der Waals surface area contributed by atoms with Crippen LogP contribution in [0, 0.1) is 5.41 Å². The lowest BCUT2D eigenvalue weighted by Crippen LogP contribution is -2.48. The molecule has 0 saturated carbocycles. The second kappa shape index (κ2) is 5.25. The SMILES string of the molecule is CC1(C(=O)NC(C)(C)c2ccc(Br)cc2)CCNC1. The minimum Gasteiger partial charge on any atom is -0.347 e. The quantitative estimate of drug-likeness (QED) is 0.897. The van der Waals surface area contributed by atoms with Crippen molar-refractivity contribution >= 4 is 21.8 Å². The highest BCUT2D eigenvalue weighted by Crippen LogP contribution is 2.28. The van der Waals surface area contributed by atoms with Crippen LogP contribution in [0.1, 0.15) is 32.8 Å². The van der Waals surface area contributed by atoms with Crippen LogP contribution in [-0.2, 0) is 10.3 Å². The fraction of sp³-hybridized carbons (Fsp3) is 0.533. The number of benzene rings is 1. The molecule has 1 aliphatic heterocycles. The topological polar surface area (TPSA) is 41.1 Å². The first-order valence-corrected chi connectivity index (χ1v) is 7.42. The summed E-state index contributed by atoms with van der Waals surface area (Å²) in [6.45, 7) is 7.79. The third-order valence-electron chi connectivity index (χ3n) is 3.91. The van der Waals surface area contributed by atoms with Crippen LogP contribution in [0.5, 0.6) is 0 Å². The molecule has 1 fully saturated rings. The second-order valence-electron chi connectivity index (χ2n) is 6.07. The lowest BCUT2D eigenvalue weighted by molar-refractivity contribution is -0.131. The highest BCUT2D eigenvalue weighted by Gasteiger charge is 2.38. The van der Waals surface area contributed by atoms with Crippen LogP contribution in [0.25, 0.3) is 0 Å². The third kappa shape index (κ3) is 3.18. The number of hydrogen-bond donors (Lipinski definition) is 2. The fourth-order valence-electron chi connectivity index (χ4n) is 2.38.